The van der Waals surface area contributed by atoms with Gasteiger partial charge >= 0.3 is 5.97 Å². The molecule has 36 heavy (non-hydrogen) atoms. The van der Waals surface area contributed by atoms with Gasteiger partial charge in [0.05, 0.1) is 20.8 Å². The third-order valence-electron chi connectivity index (χ3n) is 5.96. The van der Waals surface area contributed by atoms with E-state index in [9.17, 15) is 4.79 Å². The van der Waals surface area contributed by atoms with Crippen molar-refractivity contribution < 1.29 is 28.8 Å². The number of hydrogen-bond donors (Lipinski definition) is 1. The third-order valence-corrected chi connectivity index (χ3v) is 6.49. The van der Waals surface area contributed by atoms with E-state index in [0.717, 1.165) is 15.6 Å². The Bertz CT molecular complexity index is 1210. The van der Waals surface area contributed by atoms with E-state index in [2.05, 4.69) is 15.9 Å². The van der Waals surface area contributed by atoms with E-state index in [1.165, 1.54) is 7.11 Å². The van der Waals surface area contributed by atoms with Gasteiger partial charge in [0.25, 0.3) is 0 Å². The van der Waals surface area contributed by atoms with E-state index in [0.29, 0.717) is 36.0 Å². The maximum atomic E-state index is 13.4. The first-order valence-electron chi connectivity index (χ1n) is 11.6. The second-order valence-corrected chi connectivity index (χ2v) is 9.28. The molecule has 1 heterocycles. The lowest BCUT2D eigenvalue weighted by Gasteiger charge is -2.29. The molecule has 1 aliphatic rings. The summed E-state index contributed by atoms with van der Waals surface area (Å²) in [6.07, 6.45) is 0.0947. The maximum Gasteiger partial charge on any atom is 0.338 e. The first kappa shape index (κ1) is 25.7. The number of aliphatic imine (C=N–C) groups is 1. The SMILES string of the molecule is COC(=O)[C@]1(Cc2ccc(Br)cc2)N=C(c2ccc(OCCCO)cc2)O[C@@H]1c1cccc(OC)c1. The number of esters is 1. The highest BCUT2D eigenvalue weighted by Gasteiger charge is 2.54. The number of halogens is 1. The molecule has 0 saturated carbocycles. The van der Waals surface area contributed by atoms with Crippen LogP contribution in [0.1, 0.15) is 29.2 Å². The summed E-state index contributed by atoms with van der Waals surface area (Å²) in [5.41, 5.74) is 1.02. The van der Waals surface area contributed by atoms with Crippen LogP contribution in [0, 0.1) is 0 Å². The molecule has 0 aliphatic carbocycles. The summed E-state index contributed by atoms with van der Waals surface area (Å²) in [7, 11) is 2.95. The zero-order chi connectivity index (χ0) is 25.5. The summed E-state index contributed by atoms with van der Waals surface area (Å²) in [5, 5.41) is 8.96. The van der Waals surface area contributed by atoms with Gasteiger partial charge in [0, 0.05) is 29.5 Å². The molecule has 0 amide bonds. The molecule has 0 fully saturated rings. The lowest BCUT2D eigenvalue weighted by Crippen LogP contribution is -2.44. The van der Waals surface area contributed by atoms with Gasteiger partial charge < -0.3 is 24.1 Å². The van der Waals surface area contributed by atoms with Crippen LogP contribution in [0.2, 0.25) is 0 Å². The minimum absolute atomic E-state index is 0.0718. The van der Waals surface area contributed by atoms with Crippen LogP contribution in [0.5, 0.6) is 11.5 Å². The normalized spacial score (nSPS) is 18.8. The molecule has 2 atom stereocenters. The van der Waals surface area contributed by atoms with Gasteiger partial charge in [0.1, 0.15) is 11.5 Å². The lowest BCUT2D eigenvalue weighted by atomic mass is 9.83. The molecule has 0 aromatic heterocycles. The summed E-state index contributed by atoms with van der Waals surface area (Å²) in [6, 6.07) is 22.5. The van der Waals surface area contributed by atoms with Crippen molar-refractivity contribution in [2.24, 2.45) is 4.99 Å². The van der Waals surface area contributed by atoms with Crippen molar-refractivity contribution in [3.8, 4) is 11.5 Å². The van der Waals surface area contributed by atoms with E-state index in [4.69, 9.17) is 29.0 Å². The highest BCUT2D eigenvalue weighted by atomic mass is 79.9. The summed E-state index contributed by atoms with van der Waals surface area (Å²) in [4.78, 5) is 18.3. The number of benzene rings is 3. The highest BCUT2D eigenvalue weighted by molar-refractivity contribution is 9.10. The Labute approximate surface area is 218 Å². The average molecular weight is 554 g/mol. The maximum absolute atomic E-state index is 13.4. The van der Waals surface area contributed by atoms with Crippen molar-refractivity contribution in [2.45, 2.75) is 24.5 Å². The largest absolute Gasteiger partial charge is 0.497 e. The summed E-state index contributed by atoms with van der Waals surface area (Å²) in [5.74, 6) is 1.17. The number of rotatable bonds is 10. The van der Waals surface area contributed by atoms with Gasteiger partial charge in [-0.25, -0.2) is 9.79 Å². The molecule has 0 bridgehead atoms. The zero-order valence-corrected chi connectivity index (χ0v) is 21.7. The molecule has 1 N–H and O–H groups in total. The minimum Gasteiger partial charge on any atom is -0.497 e. The van der Waals surface area contributed by atoms with E-state index in [1.54, 1.807) is 7.11 Å². The van der Waals surface area contributed by atoms with Crippen LogP contribution in [0.3, 0.4) is 0 Å². The van der Waals surface area contributed by atoms with Crippen molar-refractivity contribution in [1.29, 1.82) is 0 Å². The van der Waals surface area contributed by atoms with Crippen LogP contribution >= 0.6 is 15.9 Å². The minimum atomic E-state index is -1.35. The zero-order valence-electron chi connectivity index (χ0n) is 20.1. The van der Waals surface area contributed by atoms with E-state index >= 15 is 0 Å². The Morgan fingerprint density at radius 3 is 2.47 bits per heavy atom. The summed E-state index contributed by atoms with van der Waals surface area (Å²) >= 11 is 3.46. The van der Waals surface area contributed by atoms with Gasteiger partial charge in [0.15, 0.2) is 6.10 Å². The Morgan fingerprint density at radius 1 is 1.06 bits per heavy atom. The van der Waals surface area contributed by atoms with Crippen molar-refractivity contribution in [1.82, 2.24) is 0 Å². The molecular weight excluding hydrogens is 526 g/mol. The smallest absolute Gasteiger partial charge is 0.338 e. The molecule has 7 nitrogen and oxygen atoms in total. The van der Waals surface area contributed by atoms with E-state index < -0.39 is 17.6 Å². The summed E-state index contributed by atoms with van der Waals surface area (Å²) < 4.78 is 23.7. The fourth-order valence-corrected chi connectivity index (χ4v) is 4.42. The standard InChI is InChI=1S/C28H28BrNO6/c1-33-24-6-3-5-21(17-24)25-28(27(32)34-2,18-19-7-11-22(29)12-8-19)30-26(36-25)20-9-13-23(14-10-20)35-16-4-15-31/h3,5-14,17,25,31H,4,15-16,18H2,1-2H3/t25-,28-/m1/s1. The predicted octanol–water partition coefficient (Wildman–Crippen LogP) is 4.89. The first-order chi connectivity index (χ1) is 17.5. The third kappa shape index (κ3) is 5.55. The van der Waals surface area contributed by atoms with Gasteiger partial charge in [-0.2, -0.15) is 0 Å². The second kappa shape index (κ2) is 11.6. The lowest BCUT2D eigenvalue weighted by molar-refractivity contribution is -0.149. The van der Waals surface area contributed by atoms with Crippen LogP contribution in [0.4, 0.5) is 0 Å². The monoisotopic (exact) mass is 553 g/mol. The number of nitrogens with zero attached hydrogens (tertiary/aromatic N) is 1. The number of carbonyl (C=O) groups is 1. The van der Waals surface area contributed by atoms with Crippen LogP contribution in [0.25, 0.3) is 0 Å². The Kier molecular flexibility index (Phi) is 8.28. The summed E-state index contributed by atoms with van der Waals surface area (Å²) in [6.45, 7) is 0.492. The van der Waals surface area contributed by atoms with Crippen LogP contribution in [-0.4, -0.2) is 49.9 Å². The molecule has 0 spiro atoms. The molecule has 0 radical (unpaired) electrons. The van der Waals surface area contributed by atoms with E-state index in [-0.39, 0.29) is 13.0 Å². The molecule has 3 aromatic rings. The molecule has 8 heteroatoms. The van der Waals surface area contributed by atoms with Crippen molar-refractivity contribution in [2.75, 3.05) is 27.4 Å². The predicted molar refractivity (Wildman–Crippen MR) is 140 cm³/mol. The Hall–Kier alpha value is -3.36. The number of methoxy groups -OCH3 is 2. The van der Waals surface area contributed by atoms with Crippen molar-refractivity contribution >= 4 is 27.8 Å². The van der Waals surface area contributed by atoms with Gasteiger partial charge in [0.2, 0.25) is 11.4 Å². The topological polar surface area (TPSA) is 86.6 Å². The quantitative estimate of drug-likeness (QED) is 0.284. The Balaban J connectivity index is 1.76. The van der Waals surface area contributed by atoms with Crippen LogP contribution in [-0.2, 0) is 20.7 Å². The molecule has 3 aromatic carbocycles. The average Bonchev–Trinajstić information content (AvgIpc) is 3.30. The van der Waals surface area contributed by atoms with Gasteiger partial charge in [-0.05, 0) is 59.7 Å². The number of hydrogen-bond acceptors (Lipinski definition) is 7. The molecule has 0 unspecified atom stereocenters. The second-order valence-electron chi connectivity index (χ2n) is 8.36. The van der Waals surface area contributed by atoms with Crippen molar-refractivity contribution in [3.05, 3.63) is 94.0 Å². The van der Waals surface area contributed by atoms with Gasteiger partial charge in [-0.1, -0.05) is 40.2 Å². The first-order valence-corrected chi connectivity index (χ1v) is 12.4. The van der Waals surface area contributed by atoms with Crippen molar-refractivity contribution in [3.63, 3.8) is 0 Å². The van der Waals surface area contributed by atoms with Crippen LogP contribution in [0.15, 0.2) is 82.3 Å². The molecular formula is C28H28BrNO6. The Morgan fingerprint density at radius 2 is 1.81 bits per heavy atom. The fourth-order valence-electron chi connectivity index (χ4n) is 4.15. The molecule has 188 valence electrons. The number of aliphatic hydroxyl groups is 1. The molecule has 1 aliphatic heterocycles. The highest BCUT2D eigenvalue weighted by Crippen LogP contribution is 2.43. The van der Waals surface area contributed by atoms with Gasteiger partial charge in [-0.15, -0.1) is 0 Å². The fraction of sp³-hybridized carbons (Fsp3) is 0.286. The molecule has 0 saturated heterocycles. The van der Waals surface area contributed by atoms with Crippen LogP contribution < -0.4 is 9.47 Å². The van der Waals surface area contributed by atoms with E-state index in [1.807, 2.05) is 72.8 Å². The number of aliphatic hydroxyl groups excluding tert-OH is 1. The number of carbonyl (C=O) groups excluding carboxylic acids is 1. The molecule has 4 rings (SSSR count). The number of ether oxygens (including phenoxy) is 4. The van der Waals surface area contributed by atoms with Gasteiger partial charge in [-0.3, -0.25) is 0 Å².